The number of fused-ring (bicyclic) bond motifs is 3. The molecule has 212 valence electrons. The molecule has 40 heavy (non-hydrogen) atoms. The molecule has 2 aromatic carbocycles. The molecule has 0 radical (unpaired) electrons. The largest absolute Gasteiger partial charge is 0.507 e. The summed E-state index contributed by atoms with van der Waals surface area (Å²) in [5.41, 5.74) is -1.25. The van der Waals surface area contributed by atoms with Gasteiger partial charge in [0.2, 0.25) is 5.91 Å². The van der Waals surface area contributed by atoms with Crippen LogP contribution in [0.25, 0.3) is 11.1 Å². The lowest BCUT2D eigenvalue weighted by Crippen LogP contribution is -2.80. The second-order valence-electron chi connectivity index (χ2n) is 12.7. The number of primary amides is 1. The van der Waals surface area contributed by atoms with E-state index in [-0.39, 0.29) is 17.5 Å². The third-order valence-corrected chi connectivity index (χ3v) is 10.3. The van der Waals surface area contributed by atoms with Gasteiger partial charge in [-0.15, -0.1) is 0 Å². The van der Waals surface area contributed by atoms with Crippen molar-refractivity contribution < 1.29 is 39.6 Å². The van der Waals surface area contributed by atoms with Crippen LogP contribution in [0.1, 0.15) is 57.0 Å². The van der Waals surface area contributed by atoms with Crippen LogP contribution >= 0.6 is 0 Å². The lowest BCUT2D eigenvalue weighted by atomic mass is 9.37. The van der Waals surface area contributed by atoms with Crippen molar-refractivity contribution in [1.29, 1.82) is 0 Å². The summed E-state index contributed by atoms with van der Waals surface area (Å²) in [6, 6.07) is 11.9. The standard InChI is InChI=1S/C31H35NO8/c1-14(2)20-24(35)19(27(32)38)25(36)31(40)26(37)22-23(34)18-17(33)12-11-16(15-9-7-6-8-10-15)21(18)30(5,39)28(22,3)13-29(20,31)4/h6-12,14,19-20,22,26,33,37,39-40H,13H2,1-5H3,(H2,32,38)/t19-,20+,22-,26?,28-,29-,30?,31+/m1/s1. The number of hydrogen-bond donors (Lipinski definition) is 5. The molecule has 2 aromatic rings. The molecule has 9 heteroatoms. The second kappa shape index (κ2) is 8.55. The average molecular weight is 550 g/mol. The van der Waals surface area contributed by atoms with E-state index in [1.165, 1.54) is 19.9 Å². The Bertz CT molecular complexity index is 1470. The fourth-order valence-corrected chi connectivity index (χ4v) is 8.44. The first kappa shape index (κ1) is 28.1. The van der Waals surface area contributed by atoms with Crippen LogP contribution in [-0.2, 0) is 20.0 Å². The minimum Gasteiger partial charge on any atom is -0.507 e. The summed E-state index contributed by atoms with van der Waals surface area (Å²) >= 11 is 0. The molecule has 3 aliphatic carbocycles. The summed E-state index contributed by atoms with van der Waals surface area (Å²) in [6.07, 6.45) is -2.35. The number of benzene rings is 2. The molecule has 0 aliphatic heterocycles. The Morgan fingerprint density at radius 2 is 1.57 bits per heavy atom. The molecule has 0 bridgehead atoms. The molecule has 0 aromatic heterocycles. The van der Waals surface area contributed by atoms with Gasteiger partial charge in [0.05, 0.1) is 17.1 Å². The van der Waals surface area contributed by atoms with Crippen LogP contribution in [0.4, 0.5) is 0 Å². The first-order valence-corrected chi connectivity index (χ1v) is 13.4. The average Bonchev–Trinajstić information content (AvgIpc) is 2.85. The zero-order valence-corrected chi connectivity index (χ0v) is 23.1. The summed E-state index contributed by atoms with van der Waals surface area (Å²) in [7, 11) is 0. The molecule has 0 spiro atoms. The highest BCUT2D eigenvalue weighted by atomic mass is 16.4. The zero-order valence-electron chi connectivity index (χ0n) is 23.1. The molecule has 3 aliphatic rings. The monoisotopic (exact) mass is 549 g/mol. The Kier molecular flexibility index (Phi) is 6.02. The van der Waals surface area contributed by atoms with Crippen LogP contribution < -0.4 is 5.73 Å². The normalized spacial score (nSPS) is 39.0. The van der Waals surface area contributed by atoms with Crippen LogP contribution in [-0.4, -0.2) is 55.4 Å². The number of hydrogen-bond acceptors (Lipinski definition) is 8. The van der Waals surface area contributed by atoms with Crippen molar-refractivity contribution in [2.45, 2.75) is 58.3 Å². The van der Waals surface area contributed by atoms with Gasteiger partial charge < -0.3 is 26.2 Å². The number of ketones is 3. The van der Waals surface area contributed by atoms with Gasteiger partial charge >= 0.3 is 0 Å². The van der Waals surface area contributed by atoms with Crippen LogP contribution in [0.15, 0.2) is 42.5 Å². The molecule has 8 atom stereocenters. The highest BCUT2D eigenvalue weighted by Gasteiger charge is 2.78. The van der Waals surface area contributed by atoms with Gasteiger partial charge in [0.15, 0.2) is 28.9 Å². The number of amides is 1. The van der Waals surface area contributed by atoms with Crippen molar-refractivity contribution in [3.63, 3.8) is 0 Å². The van der Waals surface area contributed by atoms with Gasteiger partial charge in [0.1, 0.15) is 11.9 Å². The van der Waals surface area contributed by atoms with Crippen molar-refractivity contribution >= 4 is 23.3 Å². The molecule has 2 unspecified atom stereocenters. The van der Waals surface area contributed by atoms with Gasteiger partial charge in [-0.05, 0) is 36.5 Å². The number of nitrogens with two attached hydrogens (primary N) is 1. The maximum Gasteiger partial charge on any atom is 0.235 e. The van der Waals surface area contributed by atoms with Gasteiger partial charge in [-0.2, -0.15) is 0 Å². The minimum absolute atomic E-state index is 0.160. The number of phenolic OH excluding ortho intramolecular Hbond substituents is 1. The summed E-state index contributed by atoms with van der Waals surface area (Å²) in [6.45, 7) is 7.98. The Morgan fingerprint density at radius 1 is 0.975 bits per heavy atom. The van der Waals surface area contributed by atoms with Gasteiger partial charge in [0.25, 0.3) is 0 Å². The fourth-order valence-electron chi connectivity index (χ4n) is 8.44. The number of carbonyl (C=O) groups excluding carboxylic acids is 4. The van der Waals surface area contributed by atoms with E-state index in [9.17, 15) is 39.6 Å². The van der Waals surface area contributed by atoms with E-state index < -0.39 is 80.8 Å². The number of phenols is 1. The number of Topliss-reactive ketones (excluding diaryl/α,β-unsaturated/α-hetero) is 3. The highest BCUT2D eigenvalue weighted by molar-refractivity contribution is 6.24. The van der Waals surface area contributed by atoms with Crippen molar-refractivity contribution in [2.24, 2.45) is 40.2 Å². The lowest BCUT2D eigenvalue weighted by Gasteiger charge is -2.67. The van der Waals surface area contributed by atoms with Gasteiger partial charge in [-0.25, -0.2) is 0 Å². The molecule has 1 amide bonds. The smallest absolute Gasteiger partial charge is 0.235 e. The van der Waals surface area contributed by atoms with E-state index in [1.54, 1.807) is 51.1 Å². The predicted octanol–water partition coefficient (Wildman–Crippen LogP) is 2.11. The third kappa shape index (κ3) is 3.14. The lowest BCUT2D eigenvalue weighted by molar-refractivity contribution is -0.269. The van der Waals surface area contributed by atoms with Crippen LogP contribution in [0.5, 0.6) is 5.75 Å². The first-order chi connectivity index (χ1) is 18.5. The number of aliphatic hydroxyl groups is 3. The van der Waals surface area contributed by atoms with E-state index >= 15 is 0 Å². The Hall–Kier alpha value is -3.40. The molecular formula is C31H35NO8. The third-order valence-electron chi connectivity index (χ3n) is 10.3. The minimum atomic E-state index is -2.71. The molecule has 6 N–H and O–H groups in total. The summed E-state index contributed by atoms with van der Waals surface area (Å²) in [5, 5.41) is 47.5. The summed E-state index contributed by atoms with van der Waals surface area (Å²) in [5.74, 6) is -9.58. The highest BCUT2D eigenvalue weighted by Crippen LogP contribution is 2.69. The van der Waals surface area contributed by atoms with Gasteiger partial charge in [-0.3, -0.25) is 19.2 Å². The van der Waals surface area contributed by atoms with E-state index in [0.717, 1.165) is 0 Å². The van der Waals surface area contributed by atoms with Crippen molar-refractivity contribution in [1.82, 2.24) is 0 Å². The summed E-state index contributed by atoms with van der Waals surface area (Å²) < 4.78 is 0. The van der Waals surface area contributed by atoms with Crippen molar-refractivity contribution in [2.75, 3.05) is 0 Å². The van der Waals surface area contributed by atoms with E-state index in [0.29, 0.717) is 11.1 Å². The number of carbonyl (C=O) groups is 4. The fraction of sp³-hybridized carbons (Fsp3) is 0.484. The SMILES string of the molecule is CC(C)[C@H]1C(=O)[C@@H](C(N)=O)C(=O)[C@]2(O)C(O)[C@H]3C(=O)c4c(O)ccc(-c5ccccc5)c4C(C)(O)[C@]3(C)C[C@]12C. The van der Waals surface area contributed by atoms with Gasteiger partial charge in [0, 0.05) is 22.3 Å². The molecule has 9 nitrogen and oxygen atoms in total. The molecular weight excluding hydrogens is 514 g/mol. The van der Waals surface area contributed by atoms with Crippen LogP contribution in [0.3, 0.4) is 0 Å². The topological polar surface area (TPSA) is 175 Å². The maximum absolute atomic E-state index is 14.3. The molecule has 0 saturated heterocycles. The van der Waals surface area contributed by atoms with Gasteiger partial charge in [-0.1, -0.05) is 64.1 Å². The quantitative estimate of drug-likeness (QED) is 0.362. The molecule has 2 fully saturated rings. The van der Waals surface area contributed by atoms with E-state index in [2.05, 4.69) is 0 Å². The molecule has 0 heterocycles. The second-order valence-corrected chi connectivity index (χ2v) is 12.7. The zero-order chi connectivity index (χ0) is 29.7. The van der Waals surface area contributed by atoms with Crippen molar-refractivity contribution in [3.8, 4) is 16.9 Å². The Morgan fingerprint density at radius 3 is 2.12 bits per heavy atom. The maximum atomic E-state index is 14.3. The first-order valence-electron chi connectivity index (χ1n) is 13.4. The number of aliphatic hydroxyl groups excluding tert-OH is 1. The summed E-state index contributed by atoms with van der Waals surface area (Å²) in [4.78, 5) is 54.0. The number of rotatable bonds is 3. The van der Waals surface area contributed by atoms with Crippen molar-refractivity contribution in [3.05, 3.63) is 53.6 Å². The van der Waals surface area contributed by atoms with Crippen LogP contribution in [0.2, 0.25) is 0 Å². The predicted molar refractivity (Wildman–Crippen MR) is 144 cm³/mol. The Balaban J connectivity index is 1.83. The van der Waals surface area contributed by atoms with Crippen LogP contribution in [0, 0.1) is 34.5 Å². The molecule has 5 rings (SSSR count). The van der Waals surface area contributed by atoms with E-state index in [1.807, 2.05) is 6.07 Å². The number of aromatic hydroxyl groups is 1. The Labute approximate surface area is 232 Å². The molecule has 2 saturated carbocycles. The van der Waals surface area contributed by atoms with E-state index in [4.69, 9.17) is 5.73 Å².